The molecule has 0 aromatic rings. The molecule has 114 valence electrons. The highest BCUT2D eigenvalue weighted by Gasteiger charge is 2.42. The van der Waals surface area contributed by atoms with E-state index in [-0.39, 0.29) is 5.60 Å². The summed E-state index contributed by atoms with van der Waals surface area (Å²) in [7, 11) is 0. The Labute approximate surface area is 132 Å². The zero-order valence-electron chi connectivity index (χ0n) is 12.2. The van der Waals surface area contributed by atoms with Crippen molar-refractivity contribution < 1.29 is 4.74 Å². The van der Waals surface area contributed by atoms with Crippen molar-refractivity contribution in [3.05, 3.63) is 0 Å². The zero-order valence-corrected chi connectivity index (χ0v) is 13.8. The van der Waals surface area contributed by atoms with Crippen LogP contribution in [-0.4, -0.2) is 52.2 Å². The van der Waals surface area contributed by atoms with Crippen LogP contribution in [0.15, 0.2) is 0 Å². The highest BCUT2D eigenvalue weighted by Crippen LogP contribution is 2.40. The van der Waals surface area contributed by atoms with Gasteiger partial charge in [0.2, 0.25) is 0 Å². The fourth-order valence-electron chi connectivity index (χ4n) is 4.07. The second-order valence-corrected chi connectivity index (χ2v) is 8.14. The minimum absolute atomic E-state index is 0.159. The highest BCUT2D eigenvalue weighted by molar-refractivity contribution is 7.99. The van der Waals surface area contributed by atoms with E-state index in [1.165, 1.54) is 43.6 Å². The smallest absolute Gasteiger partial charge is 0.0902 e. The van der Waals surface area contributed by atoms with Gasteiger partial charge in [0.1, 0.15) is 0 Å². The number of nitrogens with zero attached hydrogens (tertiary/aromatic N) is 1. The Morgan fingerprint density at radius 1 is 1.25 bits per heavy atom. The second-order valence-electron chi connectivity index (χ2n) is 6.44. The molecule has 0 saturated carbocycles. The minimum Gasteiger partial charge on any atom is -0.392 e. The van der Waals surface area contributed by atoms with Crippen molar-refractivity contribution in [1.82, 2.24) is 4.90 Å². The van der Waals surface area contributed by atoms with Crippen LogP contribution in [0.5, 0.6) is 0 Å². The van der Waals surface area contributed by atoms with Gasteiger partial charge in [0.05, 0.1) is 16.6 Å². The van der Waals surface area contributed by atoms with Crippen LogP contribution in [0.2, 0.25) is 0 Å². The number of thioether (sulfide) groups is 1. The van der Waals surface area contributed by atoms with E-state index in [0.717, 1.165) is 26.0 Å². The Balaban J connectivity index is 1.70. The van der Waals surface area contributed by atoms with Crippen molar-refractivity contribution in [2.24, 2.45) is 5.73 Å². The highest BCUT2D eigenvalue weighted by atomic mass is 32.2. The van der Waals surface area contributed by atoms with Crippen molar-refractivity contribution >= 4 is 29.0 Å². The van der Waals surface area contributed by atoms with Gasteiger partial charge in [-0.2, -0.15) is 11.8 Å². The summed E-state index contributed by atoms with van der Waals surface area (Å²) in [5.74, 6) is 2.51. The van der Waals surface area contributed by atoms with Crippen LogP contribution in [0.25, 0.3) is 0 Å². The summed E-state index contributed by atoms with van der Waals surface area (Å²) in [6.45, 7) is 2.08. The zero-order chi connectivity index (χ0) is 14.0. The van der Waals surface area contributed by atoms with Crippen LogP contribution in [-0.2, 0) is 4.74 Å². The lowest BCUT2D eigenvalue weighted by atomic mass is 9.83. The summed E-state index contributed by atoms with van der Waals surface area (Å²) in [6, 6.07) is 0.954. The third-order valence-corrected chi connectivity index (χ3v) is 6.47. The molecule has 3 aliphatic rings. The lowest BCUT2D eigenvalue weighted by Gasteiger charge is -2.49. The van der Waals surface area contributed by atoms with Gasteiger partial charge < -0.3 is 10.5 Å². The maximum absolute atomic E-state index is 6.22. The number of piperidine rings is 1. The van der Waals surface area contributed by atoms with Crippen molar-refractivity contribution in [2.75, 3.05) is 24.7 Å². The van der Waals surface area contributed by atoms with Gasteiger partial charge in [-0.05, 0) is 56.6 Å². The first-order valence-electron chi connectivity index (χ1n) is 7.97. The molecule has 3 aliphatic heterocycles. The van der Waals surface area contributed by atoms with Gasteiger partial charge in [0.25, 0.3) is 0 Å². The molecule has 2 unspecified atom stereocenters. The largest absolute Gasteiger partial charge is 0.392 e. The van der Waals surface area contributed by atoms with Crippen LogP contribution < -0.4 is 5.73 Å². The van der Waals surface area contributed by atoms with E-state index in [2.05, 4.69) is 16.7 Å². The first-order valence-corrected chi connectivity index (χ1v) is 9.53. The maximum Gasteiger partial charge on any atom is 0.0902 e. The van der Waals surface area contributed by atoms with Gasteiger partial charge in [0.15, 0.2) is 0 Å². The molecule has 0 aromatic carbocycles. The molecule has 1 spiro atoms. The maximum atomic E-state index is 6.22. The number of nitrogens with two attached hydrogens (primary N) is 1. The first-order chi connectivity index (χ1) is 9.70. The quantitative estimate of drug-likeness (QED) is 0.793. The number of rotatable bonds is 2. The van der Waals surface area contributed by atoms with Crippen molar-refractivity contribution in [2.45, 2.75) is 62.6 Å². The second kappa shape index (κ2) is 6.51. The molecule has 5 heteroatoms. The van der Waals surface area contributed by atoms with E-state index >= 15 is 0 Å². The molecule has 2 atom stereocenters. The molecular weight excluding hydrogens is 288 g/mol. The Morgan fingerprint density at radius 3 is 2.80 bits per heavy atom. The van der Waals surface area contributed by atoms with Crippen molar-refractivity contribution in [1.29, 1.82) is 0 Å². The summed E-state index contributed by atoms with van der Waals surface area (Å²) < 4.78 is 6.22. The van der Waals surface area contributed by atoms with Crippen LogP contribution >= 0.6 is 24.0 Å². The number of hydrogen-bond acceptors (Lipinski definition) is 4. The Hall–Kier alpha value is 0.160. The monoisotopic (exact) mass is 314 g/mol. The number of hydrogen-bond donors (Lipinski definition) is 1. The van der Waals surface area contributed by atoms with Crippen LogP contribution in [0, 0.1) is 0 Å². The molecule has 2 N–H and O–H groups in total. The Morgan fingerprint density at radius 2 is 2.05 bits per heavy atom. The standard InChI is InChI=1S/C15H26N2OS2/c16-14(19)13-3-1-2-7-17(13)12-4-8-18-15(11-12)5-9-20-10-6-15/h12-13H,1-11H2,(H2,16,19). The fourth-order valence-corrected chi connectivity index (χ4v) is 5.56. The molecule has 3 fully saturated rings. The average Bonchev–Trinajstić information content (AvgIpc) is 2.48. The third-order valence-electron chi connectivity index (χ3n) is 5.21. The Kier molecular flexibility index (Phi) is 4.90. The number of thiocarbonyl (C=S) groups is 1. The first kappa shape index (κ1) is 15.1. The van der Waals surface area contributed by atoms with Crippen LogP contribution in [0.1, 0.15) is 44.9 Å². The molecule has 0 aliphatic carbocycles. The summed E-state index contributed by atoms with van der Waals surface area (Å²) in [4.78, 5) is 3.31. The number of likely N-dealkylation sites (tertiary alicyclic amines) is 1. The average molecular weight is 315 g/mol. The lowest BCUT2D eigenvalue weighted by Crippen LogP contribution is -2.56. The molecule has 0 bridgehead atoms. The van der Waals surface area contributed by atoms with Gasteiger partial charge in [0, 0.05) is 12.6 Å². The van der Waals surface area contributed by atoms with Gasteiger partial charge >= 0.3 is 0 Å². The molecule has 3 rings (SSSR count). The van der Waals surface area contributed by atoms with Crippen LogP contribution in [0.3, 0.4) is 0 Å². The minimum atomic E-state index is 0.159. The molecule has 3 saturated heterocycles. The summed E-state index contributed by atoms with van der Waals surface area (Å²) in [5, 5.41) is 0. The third kappa shape index (κ3) is 3.16. The van der Waals surface area contributed by atoms with Gasteiger partial charge in [-0.3, -0.25) is 4.90 Å². The van der Waals surface area contributed by atoms with E-state index in [4.69, 9.17) is 22.7 Å². The predicted octanol–water partition coefficient (Wildman–Crippen LogP) is 2.57. The number of ether oxygens (including phenoxy) is 1. The Bertz CT molecular complexity index is 352. The summed E-state index contributed by atoms with van der Waals surface area (Å²) in [5.41, 5.74) is 6.15. The lowest BCUT2D eigenvalue weighted by molar-refractivity contribution is -0.114. The predicted molar refractivity (Wildman–Crippen MR) is 89.4 cm³/mol. The van der Waals surface area contributed by atoms with Gasteiger partial charge in [-0.15, -0.1) is 0 Å². The molecule has 0 amide bonds. The van der Waals surface area contributed by atoms with Crippen molar-refractivity contribution in [3.63, 3.8) is 0 Å². The fraction of sp³-hybridized carbons (Fsp3) is 0.933. The molecular formula is C15H26N2OS2. The van der Waals surface area contributed by atoms with E-state index in [0.29, 0.717) is 17.1 Å². The van der Waals surface area contributed by atoms with E-state index in [1.54, 1.807) is 0 Å². The van der Waals surface area contributed by atoms with Crippen molar-refractivity contribution in [3.8, 4) is 0 Å². The molecule has 3 nitrogen and oxygen atoms in total. The van der Waals surface area contributed by atoms with E-state index in [1.807, 2.05) is 0 Å². The topological polar surface area (TPSA) is 38.5 Å². The SMILES string of the molecule is NC(=S)C1CCCCN1C1CCOC2(CCSCC2)C1. The summed E-state index contributed by atoms with van der Waals surface area (Å²) in [6.07, 6.45) is 8.48. The van der Waals surface area contributed by atoms with Gasteiger partial charge in [-0.25, -0.2) is 0 Å². The molecule has 3 heterocycles. The summed E-state index contributed by atoms with van der Waals surface area (Å²) >= 11 is 7.38. The van der Waals surface area contributed by atoms with E-state index in [9.17, 15) is 0 Å². The van der Waals surface area contributed by atoms with Crippen LogP contribution in [0.4, 0.5) is 0 Å². The molecule has 0 aromatic heterocycles. The van der Waals surface area contributed by atoms with E-state index < -0.39 is 0 Å². The molecule has 20 heavy (non-hydrogen) atoms. The normalized spacial score (nSPS) is 35.0. The molecule has 0 radical (unpaired) electrons. The van der Waals surface area contributed by atoms with Gasteiger partial charge in [-0.1, -0.05) is 18.6 Å².